The van der Waals surface area contributed by atoms with Crippen LogP contribution in [0.3, 0.4) is 0 Å². The van der Waals surface area contributed by atoms with Gasteiger partial charge >= 0.3 is 0 Å². The number of amides is 1. The summed E-state index contributed by atoms with van der Waals surface area (Å²) in [6.45, 7) is 5.58. The van der Waals surface area contributed by atoms with E-state index in [1.807, 2.05) is 38.1 Å². The minimum Gasteiger partial charge on any atom is -0.289 e. The Morgan fingerprint density at radius 3 is 2.24 bits per heavy atom. The summed E-state index contributed by atoms with van der Waals surface area (Å²) < 4.78 is 1.24. The lowest BCUT2D eigenvalue weighted by molar-refractivity contribution is -0.118. The first-order valence-corrected chi connectivity index (χ1v) is 10.9. The average Bonchev–Trinajstić information content (AvgIpc) is 2.85. The molecular formula is C27H25N3O3. The topological polar surface area (TPSA) is 81.1 Å². The molecule has 1 unspecified atom stereocenters. The van der Waals surface area contributed by atoms with E-state index in [1.165, 1.54) is 4.68 Å². The summed E-state index contributed by atoms with van der Waals surface area (Å²) in [5, 5.41) is 0.435. The Balaban J connectivity index is 1.64. The Hall–Kier alpha value is -4.06. The van der Waals surface area contributed by atoms with Crippen LogP contribution in [-0.2, 0) is 4.79 Å². The lowest BCUT2D eigenvalue weighted by Gasteiger charge is -2.19. The molecule has 6 heteroatoms. The van der Waals surface area contributed by atoms with Gasteiger partial charge in [-0.3, -0.25) is 19.8 Å². The lowest BCUT2D eigenvalue weighted by atomic mass is 9.95. The van der Waals surface area contributed by atoms with E-state index in [-0.39, 0.29) is 23.2 Å². The fourth-order valence-corrected chi connectivity index (χ4v) is 3.71. The third kappa shape index (κ3) is 4.46. The third-order valence-corrected chi connectivity index (χ3v) is 5.62. The summed E-state index contributed by atoms with van der Waals surface area (Å²) in [4.78, 5) is 43.7. The second-order valence-corrected chi connectivity index (χ2v) is 8.30. The Morgan fingerprint density at radius 1 is 0.848 bits per heavy atom. The monoisotopic (exact) mass is 439 g/mol. The largest absolute Gasteiger partial charge is 0.289 e. The standard InChI is InChI=1S/C27H25N3O3/c1-17(2)25-28-23-15-8-7-14-22(23)27(33)30(25)29-26(32)18(3)20-12-9-13-21(16-20)24(31)19-10-5-4-6-11-19/h4-18H,1-3H3,(H,29,32). The number of nitrogens with zero attached hydrogens (tertiary/aromatic N) is 2. The molecule has 1 heterocycles. The number of benzene rings is 3. The van der Waals surface area contributed by atoms with Crippen LogP contribution < -0.4 is 11.0 Å². The summed E-state index contributed by atoms with van der Waals surface area (Å²) in [7, 11) is 0. The van der Waals surface area contributed by atoms with Crippen molar-refractivity contribution in [2.75, 3.05) is 5.43 Å². The molecule has 1 amide bonds. The zero-order chi connectivity index (χ0) is 23.5. The molecule has 0 spiro atoms. The quantitative estimate of drug-likeness (QED) is 0.444. The minimum absolute atomic E-state index is 0.0789. The minimum atomic E-state index is -0.591. The molecule has 166 valence electrons. The molecule has 0 fully saturated rings. The number of hydrogen-bond donors (Lipinski definition) is 1. The Kier molecular flexibility index (Phi) is 6.18. The maximum absolute atomic E-state index is 13.1. The predicted molar refractivity (Wildman–Crippen MR) is 129 cm³/mol. The number of aromatic nitrogens is 2. The van der Waals surface area contributed by atoms with E-state index >= 15 is 0 Å². The molecule has 0 saturated heterocycles. The first kappa shape index (κ1) is 22.1. The van der Waals surface area contributed by atoms with Crippen molar-refractivity contribution >= 4 is 22.6 Å². The molecule has 0 aliphatic heterocycles. The summed E-state index contributed by atoms with van der Waals surface area (Å²) in [6.07, 6.45) is 0. The number of ketones is 1. The first-order valence-electron chi connectivity index (χ1n) is 10.9. The summed E-state index contributed by atoms with van der Waals surface area (Å²) >= 11 is 0. The molecular weight excluding hydrogens is 414 g/mol. The van der Waals surface area contributed by atoms with E-state index in [2.05, 4.69) is 10.4 Å². The van der Waals surface area contributed by atoms with Gasteiger partial charge in [0.1, 0.15) is 5.82 Å². The van der Waals surface area contributed by atoms with Gasteiger partial charge in [0.25, 0.3) is 5.56 Å². The molecule has 0 aliphatic carbocycles. The number of hydrogen-bond acceptors (Lipinski definition) is 4. The molecule has 0 radical (unpaired) electrons. The SMILES string of the molecule is CC(C)c1nc2ccccc2c(=O)n1NC(=O)C(C)c1cccc(C(=O)c2ccccc2)c1. The highest BCUT2D eigenvalue weighted by molar-refractivity contribution is 6.09. The molecule has 1 atom stereocenters. The second kappa shape index (κ2) is 9.20. The van der Waals surface area contributed by atoms with Gasteiger partial charge in [-0.2, -0.15) is 0 Å². The van der Waals surface area contributed by atoms with Crippen LogP contribution in [0.15, 0.2) is 83.7 Å². The Bertz CT molecular complexity index is 1390. The number of nitrogens with one attached hydrogen (secondary N) is 1. The zero-order valence-electron chi connectivity index (χ0n) is 18.8. The summed E-state index contributed by atoms with van der Waals surface area (Å²) in [6, 6.07) is 23.1. The maximum atomic E-state index is 13.1. The molecule has 4 aromatic rings. The summed E-state index contributed by atoms with van der Waals surface area (Å²) in [5.41, 5.74) is 4.79. The third-order valence-electron chi connectivity index (χ3n) is 5.62. The van der Waals surface area contributed by atoms with Gasteiger partial charge in [0, 0.05) is 17.0 Å². The molecule has 4 rings (SSSR count). The van der Waals surface area contributed by atoms with Crippen molar-refractivity contribution in [2.24, 2.45) is 0 Å². The fourth-order valence-electron chi connectivity index (χ4n) is 3.71. The smallest absolute Gasteiger partial charge is 0.280 e. The maximum Gasteiger partial charge on any atom is 0.280 e. The molecule has 3 aromatic carbocycles. The second-order valence-electron chi connectivity index (χ2n) is 8.30. The first-order chi connectivity index (χ1) is 15.9. The fraction of sp³-hybridized carbons (Fsp3) is 0.185. The van der Waals surface area contributed by atoms with E-state index in [4.69, 9.17) is 0 Å². The van der Waals surface area contributed by atoms with Crippen LogP contribution in [0.2, 0.25) is 0 Å². The molecule has 0 aliphatic rings. The van der Waals surface area contributed by atoms with Gasteiger partial charge in [0.05, 0.1) is 16.8 Å². The number of para-hydroxylation sites is 1. The molecule has 0 bridgehead atoms. The van der Waals surface area contributed by atoms with Gasteiger partial charge in [0.15, 0.2) is 5.78 Å². The molecule has 1 N–H and O–H groups in total. The highest BCUT2D eigenvalue weighted by atomic mass is 16.2. The highest BCUT2D eigenvalue weighted by Gasteiger charge is 2.21. The van der Waals surface area contributed by atoms with Crippen LogP contribution in [0, 0.1) is 0 Å². The van der Waals surface area contributed by atoms with Crippen molar-refractivity contribution < 1.29 is 9.59 Å². The molecule has 33 heavy (non-hydrogen) atoms. The van der Waals surface area contributed by atoms with E-state index in [1.54, 1.807) is 61.5 Å². The van der Waals surface area contributed by atoms with Gasteiger partial charge < -0.3 is 0 Å². The molecule has 6 nitrogen and oxygen atoms in total. The van der Waals surface area contributed by atoms with Crippen molar-refractivity contribution in [1.29, 1.82) is 0 Å². The van der Waals surface area contributed by atoms with Crippen LogP contribution in [0.25, 0.3) is 10.9 Å². The number of carbonyl (C=O) groups excluding carboxylic acids is 2. The van der Waals surface area contributed by atoms with Crippen molar-refractivity contribution in [1.82, 2.24) is 9.66 Å². The van der Waals surface area contributed by atoms with Crippen molar-refractivity contribution in [3.8, 4) is 0 Å². The van der Waals surface area contributed by atoms with E-state index < -0.39 is 5.92 Å². The van der Waals surface area contributed by atoms with Gasteiger partial charge in [-0.05, 0) is 30.7 Å². The Morgan fingerprint density at radius 2 is 1.52 bits per heavy atom. The van der Waals surface area contributed by atoms with Crippen LogP contribution in [0.4, 0.5) is 0 Å². The van der Waals surface area contributed by atoms with Crippen molar-refractivity contribution in [2.45, 2.75) is 32.6 Å². The highest BCUT2D eigenvalue weighted by Crippen LogP contribution is 2.20. The zero-order valence-corrected chi connectivity index (χ0v) is 18.8. The Labute approximate surface area is 191 Å². The van der Waals surface area contributed by atoms with E-state index in [9.17, 15) is 14.4 Å². The van der Waals surface area contributed by atoms with Gasteiger partial charge in [0.2, 0.25) is 5.91 Å². The number of rotatable bonds is 6. The summed E-state index contributed by atoms with van der Waals surface area (Å²) in [5.74, 6) is -0.661. The van der Waals surface area contributed by atoms with Crippen molar-refractivity contribution in [3.63, 3.8) is 0 Å². The molecule has 0 saturated carbocycles. The van der Waals surface area contributed by atoms with Gasteiger partial charge in [-0.1, -0.05) is 74.5 Å². The number of fused-ring (bicyclic) bond motifs is 1. The van der Waals surface area contributed by atoms with Crippen LogP contribution in [-0.4, -0.2) is 21.4 Å². The van der Waals surface area contributed by atoms with E-state index in [0.29, 0.717) is 33.4 Å². The van der Waals surface area contributed by atoms with E-state index in [0.717, 1.165) is 0 Å². The van der Waals surface area contributed by atoms with Crippen molar-refractivity contribution in [3.05, 3.63) is 112 Å². The lowest BCUT2D eigenvalue weighted by Crippen LogP contribution is -2.38. The van der Waals surface area contributed by atoms with Gasteiger partial charge in [-0.15, -0.1) is 0 Å². The van der Waals surface area contributed by atoms with Crippen LogP contribution in [0.1, 0.15) is 59.9 Å². The average molecular weight is 440 g/mol. The van der Waals surface area contributed by atoms with Crippen LogP contribution in [0.5, 0.6) is 0 Å². The molecule has 1 aromatic heterocycles. The van der Waals surface area contributed by atoms with Crippen LogP contribution >= 0.6 is 0 Å². The number of carbonyl (C=O) groups is 2. The normalized spacial score (nSPS) is 12.0. The van der Waals surface area contributed by atoms with Gasteiger partial charge in [-0.25, -0.2) is 9.66 Å². The predicted octanol–water partition coefficient (Wildman–Crippen LogP) is 4.62.